The lowest BCUT2D eigenvalue weighted by Gasteiger charge is -2.30. The number of methoxy groups -OCH3 is 1. The van der Waals surface area contributed by atoms with Crippen molar-refractivity contribution in [2.75, 3.05) is 33.5 Å². The first-order valence-electron chi connectivity index (χ1n) is 15.5. The smallest absolute Gasteiger partial charge is 0.407 e. The summed E-state index contributed by atoms with van der Waals surface area (Å²) >= 11 is 0. The summed E-state index contributed by atoms with van der Waals surface area (Å²) in [7, 11) is 1.30. The summed E-state index contributed by atoms with van der Waals surface area (Å²) in [4.78, 5) is 39.3. The highest BCUT2D eigenvalue weighted by molar-refractivity contribution is 5.91. The van der Waals surface area contributed by atoms with Gasteiger partial charge in [0.05, 0.1) is 25.9 Å². The number of alkyl carbamates (subject to hydrolysis) is 1. The maximum atomic E-state index is 14.1. The molecule has 8 nitrogen and oxygen atoms in total. The molecule has 4 atom stereocenters. The molecule has 3 aromatic carbocycles. The van der Waals surface area contributed by atoms with E-state index in [9.17, 15) is 14.4 Å². The zero-order chi connectivity index (χ0) is 30.7. The van der Waals surface area contributed by atoms with E-state index in [1.54, 1.807) is 0 Å². The van der Waals surface area contributed by atoms with Gasteiger partial charge in [0.2, 0.25) is 0 Å². The third-order valence-electron chi connectivity index (χ3n) is 8.67. The van der Waals surface area contributed by atoms with Gasteiger partial charge in [-0.3, -0.25) is 9.59 Å². The van der Waals surface area contributed by atoms with E-state index in [0.717, 1.165) is 48.1 Å². The van der Waals surface area contributed by atoms with Crippen molar-refractivity contribution in [3.8, 4) is 0 Å². The number of ether oxygens (including phenoxy) is 3. The second kappa shape index (κ2) is 15.7. The summed E-state index contributed by atoms with van der Waals surface area (Å²) in [5, 5.41) is 6.24. The molecular weight excluding hydrogens is 556 g/mol. The Morgan fingerprint density at radius 2 is 1.57 bits per heavy atom. The summed E-state index contributed by atoms with van der Waals surface area (Å²) in [5.74, 6) is 0.0152. The molecule has 232 valence electrons. The Balaban J connectivity index is 1.25. The summed E-state index contributed by atoms with van der Waals surface area (Å²) in [5.41, 5.74) is 3.84. The Kier molecular flexibility index (Phi) is 11.3. The minimum absolute atomic E-state index is 0.0214. The van der Waals surface area contributed by atoms with Gasteiger partial charge >= 0.3 is 6.09 Å². The molecule has 2 aliphatic rings. The number of carbonyl (C=O) groups is 3. The first kappa shape index (κ1) is 31.6. The van der Waals surface area contributed by atoms with E-state index < -0.39 is 18.1 Å². The van der Waals surface area contributed by atoms with Crippen LogP contribution in [-0.2, 0) is 36.6 Å². The number of hydrogen-bond donors (Lipinski definition) is 2. The van der Waals surface area contributed by atoms with Gasteiger partial charge in [-0.2, -0.15) is 0 Å². The van der Waals surface area contributed by atoms with Gasteiger partial charge in [0.15, 0.2) is 11.6 Å². The zero-order valence-corrected chi connectivity index (χ0v) is 25.3. The lowest BCUT2D eigenvalue weighted by atomic mass is 9.81. The van der Waals surface area contributed by atoms with Crippen molar-refractivity contribution >= 4 is 17.7 Å². The minimum Gasteiger partial charge on any atom is -0.453 e. The SMILES string of the molecule is COC(=O)N[C@H](C(=O)Cc1ccccc1CC[C@@H]1CN[C@H](C(=O)CC2CCOC2)CO1)C(c1ccccc1)c1ccccc1. The van der Waals surface area contributed by atoms with E-state index in [2.05, 4.69) is 10.6 Å². The molecule has 3 aromatic rings. The molecule has 44 heavy (non-hydrogen) atoms. The molecule has 2 N–H and O–H groups in total. The molecule has 5 rings (SSSR count). The number of rotatable bonds is 13. The lowest BCUT2D eigenvalue weighted by Crippen LogP contribution is -2.50. The topological polar surface area (TPSA) is 103 Å². The third kappa shape index (κ3) is 8.40. The summed E-state index contributed by atoms with van der Waals surface area (Å²) in [6.45, 7) is 2.39. The van der Waals surface area contributed by atoms with Crippen LogP contribution in [0.2, 0.25) is 0 Å². The van der Waals surface area contributed by atoms with Crippen molar-refractivity contribution in [1.82, 2.24) is 10.6 Å². The molecule has 1 amide bonds. The van der Waals surface area contributed by atoms with Crippen LogP contribution in [0, 0.1) is 5.92 Å². The quantitative estimate of drug-likeness (QED) is 0.296. The number of aryl methyl sites for hydroxylation is 1. The van der Waals surface area contributed by atoms with Crippen LogP contribution in [0.1, 0.15) is 47.4 Å². The van der Waals surface area contributed by atoms with Gasteiger partial charge in [0.25, 0.3) is 0 Å². The van der Waals surface area contributed by atoms with Crippen molar-refractivity contribution < 1.29 is 28.6 Å². The Morgan fingerprint density at radius 1 is 0.909 bits per heavy atom. The predicted molar refractivity (Wildman–Crippen MR) is 168 cm³/mol. The van der Waals surface area contributed by atoms with Crippen molar-refractivity contribution in [2.45, 2.75) is 56.2 Å². The zero-order valence-electron chi connectivity index (χ0n) is 25.3. The molecule has 1 unspecified atom stereocenters. The molecule has 2 fully saturated rings. The van der Waals surface area contributed by atoms with Crippen LogP contribution in [0.25, 0.3) is 0 Å². The van der Waals surface area contributed by atoms with Crippen LogP contribution >= 0.6 is 0 Å². The average molecular weight is 599 g/mol. The van der Waals surface area contributed by atoms with Crippen LogP contribution in [0.15, 0.2) is 84.9 Å². The first-order valence-corrected chi connectivity index (χ1v) is 15.5. The molecular formula is C36H42N2O6. The number of carbonyl (C=O) groups excluding carboxylic acids is 3. The van der Waals surface area contributed by atoms with E-state index in [1.807, 2.05) is 84.9 Å². The summed E-state index contributed by atoms with van der Waals surface area (Å²) in [6.07, 6.45) is 2.46. The molecule has 2 heterocycles. The van der Waals surface area contributed by atoms with Crippen molar-refractivity contribution in [1.29, 1.82) is 0 Å². The maximum Gasteiger partial charge on any atom is 0.407 e. The van der Waals surface area contributed by atoms with E-state index >= 15 is 0 Å². The predicted octanol–water partition coefficient (Wildman–Crippen LogP) is 4.64. The largest absolute Gasteiger partial charge is 0.453 e. The molecule has 2 saturated heterocycles. The van der Waals surface area contributed by atoms with Crippen molar-refractivity contribution in [3.05, 3.63) is 107 Å². The highest BCUT2D eigenvalue weighted by atomic mass is 16.5. The fourth-order valence-corrected chi connectivity index (χ4v) is 6.21. The molecule has 0 aliphatic carbocycles. The van der Waals surface area contributed by atoms with Gasteiger partial charge in [0.1, 0.15) is 6.04 Å². The van der Waals surface area contributed by atoms with Gasteiger partial charge in [0, 0.05) is 38.5 Å². The highest BCUT2D eigenvalue weighted by Gasteiger charge is 2.33. The number of nitrogens with one attached hydrogen (secondary N) is 2. The number of Topliss-reactive ketones (excluding diaryl/α,β-unsaturated/α-hetero) is 2. The van der Waals surface area contributed by atoms with Crippen LogP contribution in [-0.4, -0.2) is 69.3 Å². The second-order valence-electron chi connectivity index (χ2n) is 11.7. The number of amides is 1. The van der Waals surface area contributed by atoms with Crippen LogP contribution < -0.4 is 10.6 Å². The van der Waals surface area contributed by atoms with Crippen molar-refractivity contribution in [2.24, 2.45) is 5.92 Å². The third-order valence-corrected chi connectivity index (χ3v) is 8.67. The van der Waals surface area contributed by atoms with Gasteiger partial charge in [-0.1, -0.05) is 84.9 Å². The van der Waals surface area contributed by atoms with Gasteiger partial charge < -0.3 is 24.8 Å². The molecule has 0 bridgehead atoms. The fraction of sp³-hybridized carbons (Fsp3) is 0.417. The Hall–Kier alpha value is -3.85. The molecule has 0 radical (unpaired) electrons. The molecule has 0 aromatic heterocycles. The monoisotopic (exact) mass is 598 g/mol. The van der Waals surface area contributed by atoms with Crippen LogP contribution in [0.3, 0.4) is 0 Å². The standard InChI is InChI=1S/C36H42N2O6/c1-42-36(41)38-35(34(27-11-4-2-5-12-27)28-13-6-3-7-14-28)33(40)21-29-15-9-8-10-26(29)16-17-30-22-37-31(24-44-30)32(39)20-25-18-19-43-23-25/h2-15,25,30-31,34-35,37H,16-24H2,1H3,(H,38,41)/t25?,30-,31+,35-/m1/s1. The van der Waals surface area contributed by atoms with Gasteiger partial charge in [-0.25, -0.2) is 4.79 Å². The number of morpholine rings is 1. The Morgan fingerprint density at radius 3 is 2.16 bits per heavy atom. The number of ketones is 2. The summed E-state index contributed by atoms with van der Waals surface area (Å²) in [6, 6.07) is 26.3. The lowest BCUT2D eigenvalue weighted by molar-refractivity contribution is -0.126. The highest BCUT2D eigenvalue weighted by Crippen LogP contribution is 2.30. The average Bonchev–Trinajstić information content (AvgIpc) is 3.58. The fourth-order valence-electron chi connectivity index (χ4n) is 6.21. The van der Waals surface area contributed by atoms with Crippen molar-refractivity contribution in [3.63, 3.8) is 0 Å². The number of benzene rings is 3. The summed E-state index contributed by atoms with van der Waals surface area (Å²) < 4.78 is 16.4. The molecule has 2 aliphatic heterocycles. The van der Waals surface area contributed by atoms with E-state index in [4.69, 9.17) is 14.2 Å². The normalized spacial score (nSPS) is 20.6. The maximum absolute atomic E-state index is 14.1. The molecule has 8 heteroatoms. The van der Waals surface area contributed by atoms with E-state index in [-0.39, 0.29) is 30.1 Å². The van der Waals surface area contributed by atoms with Crippen LogP contribution in [0.4, 0.5) is 4.79 Å². The van der Waals surface area contributed by atoms with Gasteiger partial charge in [-0.15, -0.1) is 0 Å². The Bertz CT molecular complexity index is 1330. The van der Waals surface area contributed by atoms with Crippen LogP contribution in [0.5, 0.6) is 0 Å². The first-order chi connectivity index (χ1) is 21.5. The molecule has 0 saturated carbocycles. The van der Waals surface area contributed by atoms with Gasteiger partial charge in [-0.05, 0) is 47.4 Å². The van der Waals surface area contributed by atoms with E-state index in [0.29, 0.717) is 32.1 Å². The minimum atomic E-state index is -0.837. The van der Waals surface area contributed by atoms with E-state index in [1.165, 1.54) is 7.11 Å². The number of hydrogen-bond acceptors (Lipinski definition) is 7. The second-order valence-corrected chi connectivity index (χ2v) is 11.7. The molecule has 0 spiro atoms. The Labute approximate surface area is 259 Å².